The number of nitrogens with zero attached hydrogens (tertiary/aromatic N) is 4. The van der Waals surface area contributed by atoms with E-state index in [0.29, 0.717) is 51.8 Å². The number of aryl methyl sites for hydroxylation is 1. The third-order valence-electron chi connectivity index (χ3n) is 6.54. The number of piperidine rings is 1. The lowest BCUT2D eigenvalue weighted by Crippen LogP contribution is -2.47. The normalized spacial score (nSPS) is 15.7. The summed E-state index contributed by atoms with van der Waals surface area (Å²) in [6.07, 6.45) is 4.75. The van der Waals surface area contributed by atoms with E-state index in [2.05, 4.69) is 31.2 Å². The average Bonchev–Trinajstić information content (AvgIpc) is 2.92. The number of aromatic nitrogens is 3. The van der Waals surface area contributed by atoms with E-state index in [-0.39, 0.29) is 18.0 Å². The topological polar surface area (TPSA) is 89.5 Å². The molecule has 4 aromatic rings. The molecule has 1 saturated heterocycles. The van der Waals surface area contributed by atoms with Gasteiger partial charge in [-0.15, -0.1) is 0 Å². The van der Waals surface area contributed by atoms with E-state index in [9.17, 15) is 9.18 Å². The molecule has 208 valence electrons. The smallest absolute Gasteiger partial charge is 0.410 e. The molecule has 1 unspecified atom stereocenters. The van der Waals surface area contributed by atoms with Gasteiger partial charge in [-0.3, -0.25) is 0 Å². The predicted molar refractivity (Wildman–Crippen MR) is 156 cm³/mol. The maximum atomic E-state index is 14.2. The van der Waals surface area contributed by atoms with Crippen LogP contribution in [0.15, 0.2) is 59.3 Å². The number of fused-ring (bicyclic) bond motifs is 1. The third-order valence-corrected chi connectivity index (χ3v) is 7.35. The van der Waals surface area contributed by atoms with Crippen molar-refractivity contribution in [1.29, 1.82) is 0 Å². The fourth-order valence-electron chi connectivity index (χ4n) is 4.67. The highest BCUT2D eigenvalue weighted by Crippen LogP contribution is 2.39. The molecule has 0 aliphatic carbocycles. The number of likely N-dealkylation sites (tertiary alicyclic amines) is 1. The first-order chi connectivity index (χ1) is 19.1. The monoisotopic (exact) mass is 607 g/mol. The molecule has 2 aromatic carbocycles. The van der Waals surface area contributed by atoms with Crippen molar-refractivity contribution in [3.63, 3.8) is 0 Å². The van der Waals surface area contributed by atoms with Crippen molar-refractivity contribution >= 4 is 38.7 Å². The van der Waals surface area contributed by atoms with Gasteiger partial charge in [0.15, 0.2) is 0 Å². The second kappa shape index (κ2) is 11.4. The molecular formula is C30H31BrFN5O3. The summed E-state index contributed by atoms with van der Waals surface area (Å²) in [7, 11) is 0. The number of ether oxygens (including phenoxy) is 2. The largest absolute Gasteiger partial charge is 0.444 e. The number of hydrogen-bond acceptors (Lipinski definition) is 7. The number of hydrogen-bond donors (Lipinski definition) is 1. The van der Waals surface area contributed by atoms with Gasteiger partial charge in [0.05, 0.1) is 15.7 Å². The first-order valence-electron chi connectivity index (χ1n) is 13.2. The number of amides is 1. The molecule has 40 heavy (non-hydrogen) atoms. The molecule has 1 aliphatic heterocycles. The van der Waals surface area contributed by atoms with Gasteiger partial charge in [0.2, 0.25) is 11.8 Å². The van der Waals surface area contributed by atoms with Crippen LogP contribution in [0.5, 0.6) is 11.6 Å². The molecule has 10 heteroatoms. The lowest BCUT2D eigenvalue weighted by Gasteiger charge is -2.34. The Bertz CT molecular complexity index is 1560. The van der Waals surface area contributed by atoms with Gasteiger partial charge in [-0.1, -0.05) is 12.1 Å². The molecule has 1 aliphatic rings. The van der Waals surface area contributed by atoms with Crippen LogP contribution >= 0.6 is 15.9 Å². The number of carbonyl (C=O) groups is 1. The van der Waals surface area contributed by atoms with Crippen LogP contribution in [0.2, 0.25) is 0 Å². The number of rotatable bonds is 5. The molecular weight excluding hydrogens is 577 g/mol. The van der Waals surface area contributed by atoms with E-state index in [4.69, 9.17) is 14.5 Å². The Balaban J connectivity index is 1.39. The Morgan fingerprint density at radius 3 is 2.70 bits per heavy atom. The second-order valence-corrected chi connectivity index (χ2v) is 11.6. The number of benzene rings is 2. The lowest BCUT2D eigenvalue weighted by molar-refractivity contribution is 0.0206. The molecule has 5 rings (SSSR count). The number of nitrogens with one attached hydrogen (secondary N) is 1. The molecule has 3 heterocycles. The molecule has 0 bridgehead atoms. The Labute approximate surface area is 241 Å². The van der Waals surface area contributed by atoms with Crippen molar-refractivity contribution in [3.05, 3.63) is 70.7 Å². The van der Waals surface area contributed by atoms with E-state index in [1.54, 1.807) is 29.4 Å². The minimum Gasteiger partial charge on any atom is -0.444 e. The molecule has 2 aromatic heterocycles. The molecule has 0 spiro atoms. The molecule has 1 atom stereocenters. The van der Waals surface area contributed by atoms with Gasteiger partial charge in [0.1, 0.15) is 17.2 Å². The van der Waals surface area contributed by atoms with Gasteiger partial charge >= 0.3 is 6.09 Å². The maximum Gasteiger partial charge on any atom is 0.410 e. The minimum atomic E-state index is -0.546. The summed E-state index contributed by atoms with van der Waals surface area (Å²) in [6, 6.07) is 12.4. The Morgan fingerprint density at radius 2 is 1.90 bits per heavy atom. The minimum absolute atomic E-state index is 0.0155. The summed E-state index contributed by atoms with van der Waals surface area (Å²) in [5.74, 6) is 1.07. The fourth-order valence-corrected chi connectivity index (χ4v) is 5.15. The van der Waals surface area contributed by atoms with E-state index in [1.807, 2.05) is 52.0 Å². The van der Waals surface area contributed by atoms with Gasteiger partial charge in [0.25, 0.3) is 0 Å². The van der Waals surface area contributed by atoms with E-state index in [0.717, 1.165) is 23.8 Å². The van der Waals surface area contributed by atoms with Gasteiger partial charge in [-0.25, -0.2) is 24.1 Å². The maximum absolute atomic E-state index is 14.2. The number of carbonyl (C=O) groups excluding carboxylic acids is 1. The Kier molecular flexibility index (Phi) is 7.89. The summed E-state index contributed by atoms with van der Waals surface area (Å²) >= 11 is 3.35. The summed E-state index contributed by atoms with van der Waals surface area (Å²) in [4.78, 5) is 28.0. The highest BCUT2D eigenvalue weighted by molar-refractivity contribution is 9.10. The molecule has 0 saturated carbocycles. The van der Waals surface area contributed by atoms with Crippen LogP contribution in [0, 0.1) is 12.7 Å². The van der Waals surface area contributed by atoms with Crippen LogP contribution in [0.25, 0.3) is 22.0 Å². The van der Waals surface area contributed by atoms with E-state index < -0.39 is 5.60 Å². The number of halogens is 2. The summed E-state index contributed by atoms with van der Waals surface area (Å²) < 4.78 is 26.5. The van der Waals surface area contributed by atoms with Crippen LogP contribution < -0.4 is 10.1 Å². The zero-order valence-corrected chi connectivity index (χ0v) is 24.5. The molecule has 1 N–H and O–H groups in total. The summed E-state index contributed by atoms with van der Waals surface area (Å²) in [5, 5.41) is 4.85. The van der Waals surface area contributed by atoms with Crippen LogP contribution in [0.1, 0.15) is 39.2 Å². The van der Waals surface area contributed by atoms with E-state index in [1.165, 1.54) is 6.07 Å². The number of pyridine rings is 1. The standard InChI is InChI=1S/C30H31BrFN5O3/c1-18-9-10-20-21(11-12-23(32)25(20)31)26(18)39-27-22(8-5-14-33-27)24-13-15-34-28(36-24)35-19-7-6-16-37(17-19)29(38)40-30(2,3)4/h5,8-15,19H,6-7,16-17H2,1-4H3,(H,34,35,36). The average molecular weight is 609 g/mol. The van der Waals surface area contributed by atoms with Crippen LogP contribution in [0.3, 0.4) is 0 Å². The SMILES string of the molecule is Cc1ccc2c(Br)c(F)ccc2c1Oc1ncccc1-c1ccnc(NC2CCCN(C(=O)OC(C)(C)C)C2)n1. The van der Waals surface area contributed by atoms with Crippen molar-refractivity contribution in [1.82, 2.24) is 19.9 Å². The number of anilines is 1. The molecule has 1 amide bonds. The van der Waals surface area contributed by atoms with Crippen molar-refractivity contribution in [3.8, 4) is 22.9 Å². The molecule has 0 radical (unpaired) electrons. The van der Waals surface area contributed by atoms with Crippen molar-refractivity contribution in [2.75, 3.05) is 18.4 Å². The summed E-state index contributed by atoms with van der Waals surface area (Å²) in [5.41, 5.74) is 1.66. The zero-order chi connectivity index (χ0) is 28.4. The Morgan fingerprint density at radius 1 is 1.10 bits per heavy atom. The van der Waals surface area contributed by atoms with Crippen molar-refractivity contribution in [2.45, 2.75) is 52.2 Å². The quantitative estimate of drug-likeness (QED) is 0.251. The third kappa shape index (κ3) is 6.17. The van der Waals surface area contributed by atoms with Crippen molar-refractivity contribution in [2.24, 2.45) is 0 Å². The first kappa shape index (κ1) is 27.8. The van der Waals surface area contributed by atoms with Crippen LogP contribution in [-0.2, 0) is 4.74 Å². The fraction of sp³-hybridized carbons (Fsp3) is 0.333. The molecule has 8 nitrogen and oxygen atoms in total. The van der Waals surface area contributed by atoms with Gasteiger partial charge in [-0.2, -0.15) is 0 Å². The summed E-state index contributed by atoms with van der Waals surface area (Å²) in [6.45, 7) is 8.68. The van der Waals surface area contributed by atoms with Crippen molar-refractivity contribution < 1.29 is 18.7 Å². The predicted octanol–water partition coefficient (Wildman–Crippen LogP) is 7.51. The Hall–Kier alpha value is -3.79. The van der Waals surface area contributed by atoms with Gasteiger partial charge in [-0.05, 0) is 92.4 Å². The van der Waals surface area contributed by atoms with Crippen LogP contribution in [-0.4, -0.2) is 50.7 Å². The van der Waals surface area contributed by atoms with E-state index >= 15 is 0 Å². The van der Waals surface area contributed by atoms with Crippen LogP contribution in [0.4, 0.5) is 15.1 Å². The highest BCUT2D eigenvalue weighted by Gasteiger charge is 2.28. The highest BCUT2D eigenvalue weighted by atomic mass is 79.9. The van der Waals surface area contributed by atoms with Gasteiger partial charge in [0, 0.05) is 42.3 Å². The second-order valence-electron chi connectivity index (χ2n) is 10.8. The first-order valence-corrected chi connectivity index (χ1v) is 14.0. The zero-order valence-electron chi connectivity index (χ0n) is 22.9. The van der Waals surface area contributed by atoms with Gasteiger partial charge < -0.3 is 19.7 Å². The molecule has 1 fully saturated rings. The lowest BCUT2D eigenvalue weighted by atomic mass is 10.1.